The van der Waals surface area contributed by atoms with Gasteiger partial charge in [0.25, 0.3) is 0 Å². The van der Waals surface area contributed by atoms with E-state index in [2.05, 4.69) is 4.74 Å². The quantitative estimate of drug-likeness (QED) is 0.781. The maximum atomic E-state index is 13.2. The van der Waals surface area contributed by atoms with E-state index in [1.165, 1.54) is 19.2 Å². The van der Waals surface area contributed by atoms with E-state index in [9.17, 15) is 9.18 Å². The topological polar surface area (TPSA) is 76.1 Å². The molecular weight excluding hydrogens is 211 g/mol. The minimum atomic E-state index is -0.639. The molecule has 5 heteroatoms. The van der Waals surface area contributed by atoms with Gasteiger partial charge in [0.05, 0.1) is 19.1 Å². The van der Waals surface area contributed by atoms with Crippen molar-refractivity contribution in [2.45, 2.75) is 12.5 Å². The van der Waals surface area contributed by atoms with Crippen LogP contribution in [-0.2, 0) is 9.53 Å². The van der Waals surface area contributed by atoms with Crippen molar-refractivity contribution < 1.29 is 13.9 Å². The zero-order valence-electron chi connectivity index (χ0n) is 8.74. The number of nitrogens with two attached hydrogens (primary N) is 1. The number of nitriles is 1. The number of halogens is 1. The molecule has 0 saturated carbocycles. The van der Waals surface area contributed by atoms with Gasteiger partial charge in [-0.15, -0.1) is 0 Å². The number of carbonyl (C=O) groups is 1. The van der Waals surface area contributed by atoms with Gasteiger partial charge in [0.15, 0.2) is 0 Å². The lowest BCUT2D eigenvalue weighted by Crippen LogP contribution is -2.16. The summed E-state index contributed by atoms with van der Waals surface area (Å²) in [5.41, 5.74) is 6.09. The number of benzene rings is 1. The average Bonchev–Trinajstić information content (AvgIpc) is 2.28. The van der Waals surface area contributed by atoms with Crippen LogP contribution in [0.1, 0.15) is 23.6 Å². The van der Waals surface area contributed by atoms with Crippen LogP contribution in [0.3, 0.4) is 0 Å². The van der Waals surface area contributed by atoms with Crippen molar-refractivity contribution in [3.8, 4) is 6.07 Å². The molecule has 0 heterocycles. The SMILES string of the molecule is COC(=O)C[C@H](N)c1ccc(C#N)c(F)c1. The summed E-state index contributed by atoms with van der Waals surface area (Å²) in [7, 11) is 1.26. The van der Waals surface area contributed by atoms with E-state index in [4.69, 9.17) is 11.0 Å². The maximum absolute atomic E-state index is 13.2. The Morgan fingerprint density at radius 1 is 1.69 bits per heavy atom. The highest BCUT2D eigenvalue weighted by Gasteiger charge is 2.13. The van der Waals surface area contributed by atoms with Crippen LogP contribution in [0.5, 0.6) is 0 Å². The molecule has 0 aliphatic rings. The summed E-state index contributed by atoms with van der Waals surface area (Å²) in [5, 5.41) is 8.54. The van der Waals surface area contributed by atoms with Crippen molar-refractivity contribution in [1.29, 1.82) is 5.26 Å². The molecule has 1 aromatic rings. The van der Waals surface area contributed by atoms with Crippen molar-refractivity contribution in [3.63, 3.8) is 0 Å². The van der Waals surface area contributed by atoms with Gasteiger partial charge in [-0.3, -0.25) is 4.79 Å². The van der Waals surface area contributed by atoms with Crippen LogP contribution in [0.25, 0.3) is 0 Å². The number of hydrogen-bond acceptors (Lipinski definition) is 4. The van der Waals surface area contributed by atoms with Crippen molar-refractivity contribution in [3.05, 3.63) is 35.1 Å². The molecule has 1 rings (SSSR count). The van der Waals surface area contributed by atoms with Crippen molar-refractivity contribution in [2.75, 3.05) is 7.11 Å². The minimum absolute atomic E-state index is 0.0260. The monoisotopic (exact) mass is 222 g/mol. The Bertz CT molecular complexity index is 440. The highest BCUT2D eigenvalue weighted by Crippen LogP contribution is 2.17. The summed E-state index contributed by atoms with van der Waals surface area (Å²) in [5.74, 6) is -1.10. The van der Waals surface area contributed by atoms with Crippen LogP contribution >= 0.6 is 0 Å². The number of methoxy groups -OCH3 is 1. The normalized spacial score (nSPS) is 11.6. The third-order valence-corrected chi connectivity index (χ3v) is 2.16. The number of hydrogen-bond donors (Lipinski definition) is 1. The van der Waals surface area contributed by atoms with E-state index < -0.39 is 17.8 Å². The van der Waals surface area contributed by atoms with Gasteiger partial charge in [0, 0.05) is 6.04 Å². The lowest BCUT2D eigenvalue weighted by atomic mass is 10.0. The van der Waals surface area contributed by atoms with Gasteiger partial charge >= 0.3 is 5.97 Å². The smallest absolute Gasteiger partial charge is 0.307 e. The number of ether oxygens (including phenoxy) is 1. The van der Waals surface area contributed by atoms with E-state index in [-0.39, 0.29) is 12.0 Å². The Morgan fingerprint density at radius 2 is 2.38 bits per heavy atom. The van der Waals surface area contributed by atoms with Crippen molar-refractivity contribution in [1.82, 2.24) is 0 Å². The van der Waals surface area contributed by atoms with Gasteiger partial charge < -0.3 is 10.5 Å². The minimum Gasteiger partial charge on any atom is -0.469 e. The standard InChI is InChI=1S/C11H11FN2O2/c1-16-11(15)5-10(14)7-2-3-8(6-13)9(12)4-7/h2-4,10H,5,14H2,1H3/t10-/m0/s1. The van der Waals surface area contributed by atoms with Crippen LogP contribution in [-0.4, -0.2) is 13.1 Å². The summed E-state index contributed by atoms with van der Waals surface area (Å²) in [6.45, 7) is 0. The van der Waals surface area contributed by atoms with E-state index in [1.54, 1.807) is 6.07 Å². The predicted octanol–water partition coefficient (Wildman–Crippen LogP) is 1.26. The fourth-order valence-corrected chi connectivity index (χ4v) is 1.23. The van der Waals surface area contributed by atoms with Gasteiger partial charge in [-0.05, 0) is 17.7 Å². The fourth-order valence-electron chi connectivity index (χ4n) is 1.23. The second kappa shape index (κ2) is 5.24. The van der Waals surface area contributed by atoms with E-state index >= 15 is 0 Å². The largest absolute Gasteiger partial charge is 0.469 e. The molecule has 84 valence electrons. The third-order valence-electron chi connectivity index (χ3n) is 2.16. The first kappa shape index (κ1) is 12.1. The predicted molar refractivity (Wildman–Crippen MR) is 54.7 cm³/mol. The number of nitrogens with zero attached hydrogens (tertiary/aromatic N) is 1. The summed E-state index contributed by atoms with van der Waals surface area (Å²) < 4.78 is 17.7. The van der Waals surface area contributed by atoms with Gasteiger partial charge in [-0.2, -0.15) is 5.26 Å². The van der Waals surface area contributed by atoms with Crippen LogP contribution in [0.4, 0.5) is 4.39 Å². The highest BCUT2D eigenvalue weighted by molar-refractivity contribution is 5.70. The molecule has 0 saturated heterocycles. The maximum Gasteiger partial charge on any atom is 0.307 e. The zero-order valence-corrected chi connectivity index (χ0v) is 8.74. The first-order valence-electron chi connectivity index (χ1n) is 4.60. The summed E-state index contributed by atoms with van der Waals surface area (Å²) >= 11 is 0. The number of carbonyl (C=O) groups excluding carboxylic acids is 1. The Balaban J connectivity index is 2.85. The molecular formula is C11H11FN2O2. The van der Waals surface area contributed by atoms with Crippen molar-refractivity contribution in [2.24, 2.45) is 5.73 Å². The molecule has 0 spiro atoms. The van der Waals surface area contributed by atoms with Crippen LogP contribution in [0.2, 0.25) is 0 Å². The van der Waals surface area contributed by atoms with Crippen molar-refractivity contribution >= 4 is 5.97 Å². The molecule has 0 radical (unpaired) electrons. The molecule has 0 aromatic heterocycles. The fraction of sp³-hybridized carbons (Fsp3) is 0.273. The lowest BCUT2D eigenvalue weighted by Gasteiger charge is -2.10. The van der Waals surface area contributed by atoms with Gasteiger partial charge in [-0.25, -0.2) is 4.39 Å². The molecule has 4 nitrogen and oxygen atoms in total. The Kier molecular flexibility index (Phi) is 3.97. The first-order valence-corrected chi connectivity index (χ1v) is 4.60. The molecule has 2 N–H and O–H groups in total. The van der Waals surface area contributed by atoms with Gasteiger partial charge in [0.1, 0.15) is 11.9 Å². The Hall–Kier alpha value is -1.93. The van der Waals surface area contributed by atoms with Gasteiger partial charge in [0.2, 0.25) is 0 Å². The van der Waals surface area contributed by atoms with Crippen LogP contribution in [0.15, 0.2) is 18.2 Å². The summed E-state index contributed by atoms with van der Waals surface area (Å²) in [6.07, 6.45) is -0.0260. The Morgan fingerprint density at radius 3 is 2.88 bits per heavy atom. The van der Waals surface area contributed by atoms with E-state index in [0.717, 1.165) is 6.07 Å². The summed E-state index contributed by atoms with van der Waals surface area (Å²) in [4.78, 5) is 11.0. The molecule has 16 heavy (non-hydrogen) atoms. The molecule has 0 bridgehead atoms. The molecule has 0 aliphatic carbocycles. The number of rotatable bonds is 3. The third kappa shape index (κ3) is 2.78. The molecule has 0 unspecified atom stereocenters. The summed E-state index contributed by atoms with van der Waals surface area (Å²) in [6, 6.07) is 5.09. The first-order chi connectivity index (χ1) is 7.58. The number of esters is 1. The molecule has 1 atom stereocenters. The zero-order chi connectivity index (χ0) is 12.1. The van der Waals surface area contributed by atoms with Gasteiger partial charge in [-0.1, -0.05) is 6.07 Å². The Labute approximate surface area is 92.4 Å². The molecule has 1 aromatic carbocycles. The van der Waals surface area contributed by atoms with Crippen LogP contribution < -0.4 is 5.73 Å². The second-order valence-corrected chi connectivity index (χ2v) is 3.24. The molecule has 0 fully saturated rings. The molecule has 0 aliphatic heterocycles. The second-order valence-electron chi connectivity index (χ2n) is 3.24. The van der Waals surface area contributed by atoms with E-state index in [0.29, 0.717) is 5.56 Å². The highest BCUT2D eigenvalue weighted by atomic mass is 19.1. The average molecular weight is 222 g/mol. The molecule has 0 amide bonds. The lowest BCUT2D eigenvalue weighted by molar-refractivity contribution is -0.141. The van der Waals surface area contributed by atoms with Crippen LogP contribution in [0, 0.1) is 17.1 Å². The van der Waals surface area contributed by atoms with E-state index in [1.807, 2.05) is 0 Å².